The molecule has 0 bridgehead atoms. The molecule has 0 radical (unpaired) electrons. The van der Waals surface area contributed by atoms with Crippen molar-refractivity contribution in [3.05, 3.63) is 35.6 Å². The van der Waals surface area contributed by atoms with Crippen LogP contribution in [0.2, 0.25) is 0 Å². The Morgan fingerprint density at radius 2 is 1.80 bits per heavy atom. The highest BCUT2D eigenvalue weighted by atomic mass is 19.1. The maximum atomic E-state index is 13.7. The molecule has 0 aliphatic heterocycles. The minimum absolute atomic E-state index is 0.103. The molecule has 1 aromatic carbocycles. The van der Waals surface area contributed by atoms with Crippen LogP contribution >= 0.6 is 0 Å². The van der Waals surface area contributed by atoms with Crippen LogP contribution in [0.1, 0.15) is 32.8 Å². The first-order chi connectivity index (χ1) is 9.38. The molecule has 0 aromatic heterocycles. The number of likely N-dealkylation sites (N-methyl/N-ethyl adjacent to an activating group) is 1. The van der Waals surface area contributed by atoms with Crippen LogP contribution in [0, 0.1) is 11.7 Å². The number of nitrogens with one attached hydrogen (secondary N) is 1. The molecule has 3 heteroatoms. The normalized spacial score (nSPS) is 14.8. The van der Waals surface area contributed by atoms with Gasteiger partial charge in [-0.3, -0.25) is 0 Å². The van der Waals surface area contributed by atoms with E-state index in [1.807, 2.05) is 12.1 Å². The zero-order valence-corrected chi connectivity index (χ0v) is 13.5. The predicted molar refractivity (Wildman–Crippen MR) is 84.5 cm³/mol. The number of halogens is 1. The van der Waals surface area contributed by atoms with E-state index in [2.05, 4.69) is 45.1 Å². The molecule has 0 heterocycles. The smallest absolute Gasteiger partial charge is 0.126 e. The fourth-order valence-electron chi connectivity index (χ4n) is 2.66. The Morgan fingerprint density at radius 3 is 2.35 bits per heavy atom. The van der Waals surface area contributed by atoms with Gasteiger partial charge in [0.15, 0.2) is 0 Å². The van der Waals surface area contributed by atoms with Crippen molar-refractivity contribution in [2.24, 2.45) is 5.92 Å². The molecular formula is C17H29FN2. The number of rotatable bonds is 8. The van der Waals surface area contributed by atoms with Crippen LogP contribution < -0.4 is 5.32 Å². The van der Waals surface area contributed by atoms with Crippen LogP contribution in [0.25, 0.3) is 0 Å². The van der Waals surface area contributed by atoms with Gasteiger partial charge >= 0.3 is 0 Å². The molecule has 0 saturated carbocycles. The van der Waals surface area contributed by atoms with Gasteiger partial charge in [0.2, 0.25) is 0 Å². The molecule has 1 N–H and O–H groups in total. The lowest BCUT2D eigenvalue weighted by Gasteiger charge is -2.27. The Bertz CT molecular complexity index is 380. The van der Waals surface area contributed by atoms with Crippen molar-refractivity contribution in [1.29, 1.82) is 0 Å². The summed E-state index contributed by atoms with van der Waals surface area (Å²) in [6, 6.07) is 7.77. The Kier molecular flexibility index (Phi) is 7.17. The van der Waals surface area contributed by atoms with E-state index >= 15 is 0 Å². The average molecular weight is 280 g/mol. The van der Waals surface area contributed by atoms with Crippen LogP contribution in [0.15, 0.2) is 24.3 Å². The second kappa shape index (κ2) is 8.38. The van der Waals surface area contributed by atoms with E-state index in [1.54, 1.807) is 6.07 Å². The molecule has 0 spiro atoms. The van der Waals surface area contributed by atoms with Crippen LogP contribution in [-0.2, 0) is 6.42 Å². The van der Waals surface area contributed by atoms with Gasteiger partial charge in [-0.25, -0.2) is 4.39 Å². The van der Waals surface area contributed by atoms with Gasteiger partial charge < -0.3 is 10.2 Å². The largest absolute Gasteiger partial charge is 0.310 e. The van der Waals surface area contributed by atoms with Crippen LogP contribution in [-0.4, -0.2) is 37.6 Å². The molecule has 1 rings (SSSR count). The Hall–Kier alpha value is -0.930. The minimum atomic E-state index is -0.103. The van der Waals surface area contributed by atoms with Crippen LogP contribution in [0.3, 0.4) is 0 Å². The van der Waals surface area contributed by atoms with E-state index in [9.17, 15) is 4.39 Å². The molecule has 1 aromatic rings. The van der Waals surface area contributed by atoms with E-state index in [0.29, 0.717) is 12.0 Å². The second-order valence-corrected chi connectivity index (χ2v) is 6.45. The summed E-state index contributed by atoms with van der Waals surface area (Å²) in [5.41, 5.74) is 0.792. The summed E-state index contributed by atoms with van der Waals surface area (Å²) in [6.45, 7) is 7.63. The topological polar surface area (TPSA) is 15.3 Å². The third-order valence-electron chi connectivity index (χ3n) is 3.35. The summed E-state index contributed by atoms with van der Waals surface area (Å²) in [4.78, 5) is 2.20. The van der Waals surface area contributed by atoms with Gasteiger partial charge in [-0.05, 0) is 51.4 Å². The van der Waals surface area contributed by atoms with Crippen molar-refractivity contribution in [1.82, 2.24) is 10.2 Å². The van der Waals surface area contributed by atoms with Gasteiger partial charge in [0.05, 0.1) is 0 Å². The van der Waals surface area contributed by atoms with E-state index < -0.39 is 0 Å². The molecule has 0 saturated heterocycles. The summed E-state index contributed by atoms with van der Waals surface area (Å²) in [6.07, 6.45) is 1.87. The second-order valence-electron chi connectivity index (χ2n) is 6.45. The molecule has 20 heavy (non-hydrogen) atoms. The van der Waals surface area contributed by atoms with E-state index in [-0.39, 0.29) is 11.9 Å². The van der Waals surface area contributed by atoms with Crippen LogP contribution in [0.4, 0.5) is 4.39 Å². The van der Waals surface area contributed by atoms with Crippen molar-refractivity contribution in [3.8, 4) is 0 Å². The SMILES string of the molecule is CC(C)CC(CN(C)C)NC(C)Cc1ccccc1F. The fourth-order valence-corrected chi connectivity index (χ4v) is 2.66. The van der Waals surface area contributed by atoms with Crippen molar-refractivity contribution >= 4 is 0 Å². The molecule has 0 aliphatic carbocycles. The number of nitrogens with zero attached hydrogens (tertiary/aromatic N) is 1. The lowest BCUT2D eigenvalue weighted by atomic mass is 10.0. The number of hydrogen-bond donors (Lipinski definition) is 1. The maximum absolute atomic E-state index is 13.7. The molecule has 2 nitrogen and oxygen atoms in total. The monoisotopic (exact) mass is 280 g/mol. The maximum Gasteiger partial charge on any atom is 0.126 e. The molecule has 114 valence electrons. The van der Waals surface area contributed by atoms with Gasteiger partial charge in [-0.2, -0.15) is 0 Å². The highest BCUT2D eigenvalue weighted by Crippen LogP contribution is 2.11. The Balaban J connectivity index is 2.56. The highest BCUT2D eigenvalue weighted by molar-refractivity contribution is 5.18. The first kappa shape index (κ1) is 17.1. The molecule has 0 aliphatic rings. The number of benzene rings is 1. The predicted octanol–water partition coefficient (Wildman–Crippen LogP) is 3.32. The van der Waals surface area contributed by atoms with Gasteiger partial charge in [0.1, 0.15) is 5.82 Å². The van der Waals surface area contributed by atoms with Gasteiger partial charge in [-0.15, -0.1) is 0 Å². The molecule has 0 fully saturated rings. The molecular weight excluding hydrogens is 251 g/mol. The molecule has 0 amide bonds. The van der Waals surface area contributed by atoms with Gasteiger partial charge in [-0.1, -0.05) is 32.0 Å². The average Bonchev–Trinajstić information content (AvgIpc) is 2.30. The zero-order valence-electron chi connectivity index (χ0n) is 13.5. The van der Waals surface area contributed by atoms with Crippen molar-refractivity contribution in [2.75, 3.05) is 20.6 Å². The fraction of sp³-hybridized carbons (Fsp3) is 0.647. The van der Waals surface area contributed by atoms with E-state index in [0.717, 1.165) is 24.9 Å². The molecule has 2 atom stereocenters. The summed E-state index contributed by atoms with van der Waals surface area (Å²) in [5.74, 6) is 0.558. The third-order valence-corrected chi connectivity index (χ3v) is 3.35. The van der Waals surface area contributed by atoms with Gasteiger partial charge in [0, 0.05) is 18.6 Å². The summed E-state index contributed by atoms with van der Waals surface area (Å²) < 4.78 is 13.7. The standard InChI is InChI=1S/C17H29FN2/c1-13(2)10-16(12-20(4)5)19-14(3)11-15-8-6-7-9-17(15)18/h6-9,13-14,16,19H,10-12H2,1-5H3. The van der Waals surface area contributed by atoms with Gasteiger partial charge in [0.25, 0.3) is 0 Å². The quantitative estimate of drug-likeness (QED) is 0.786. The van der Waals surface area contributed by atoms with Crippen LogP contribution in [0.5, 0.6) is 0 Å². The summed E-state index contributed by atoms with van der Waals surface area (Å²) in [7, 11) is 4.19. The lowest BCUT2D eigenvalue weighted by Crippen LogP contribution is -2.44. The first-order valence-corrected chi connectivity index (χ1v) is 7.52. The van der Waals surface area contributed by atoms with Crippen molar-refractivity contribution in [2.45, 2.75) is 45.7 Å². The third kappa shape index (κ3) is 6.49. The molecule has 2 unspecified atom stereocenters. The highest BCUT2D eigenvalue weighted by Gasteiger charge is 2.15. The summed E-state index contributed by atoms with van der Waals surface area (Å²) in [5, 5.41) is 3.65. The summed E-state index contributed by atoms with van der Waals surface area (Å²) >= 11 is 0. The first-order valence-electron chi connectivity index (χ1n) is 7.52. The van der Waals surface area contributed by atoms with E-state index in [1.165, 1.54) is 6.07 Å². The Labute approximate surface area is 123 Å². The minimum Gasteiger partial charge on any atom is -0.310 e. The lowest BCUT2D eigenvalue weighted by molar-refractivity contribution is 0.288. The van der Waals surface area contributed by atoms with Crippen molar-refractivity contribution in [3.63, 3.8) is 0 Å². The van der Waals surface area contributed by atoms with Crippen molar-refractivity contribution < 1.29 is 4.39 Å². The number of hydrogen-bond acceptors (Lipinski definition) is 2. The Morgan fingerprint density at radius 1 is 1.15 bits per heavy atom. The zero-order chi connectivity index (χ0) is 15.1. The van der Waals surface area contributed by atoms with E-state index in [4.69, 9.17) is 0 Å².